The summed E-state index contributed by atoms with van der Waals surface area (Å²) in [5.41, 5.74) is 9.50. The Morgan fingerprint density at radius 1 is 1.20 bits per heavy atom. The molecule has 30 heavy (non-hydrogen) atoms. The Balaban J connectivity index is 1.78. The molecule has 4 N–H and O–H groups in total. The molecule has 1 unspecified atom stereocenters. The van der Waals surface area contributed by atoms with Gasteiger partial charge in [-0.05, 0) is 59.7 Å². The average Bonchev–Trinajstić information content (AvgIpc) is 3.27. The van der Waals surface area contributed by atoms with Crippen molar-refractivity contribution >= 4 is 29.4 Å². The number of halogens is 1. The number of carbonyl (C=O) groups is 2. The van der Waals surface area contributed by atoms with E-state index in [1.165, 1.54) is 6.08 Å². The first-order chi connectivity index (χ1) is 14.4. The first-order valence-electron chi connectivity index (χ1n) is 9.31. The zero-order valence-corrected chi connectivity index (χ0v) is 17.1. The molecule has 7 heteroatoms. The molecular weight excluding hydrogens is 402 g/mol. The summed E-state index contributed by atoms with van der Waals surface area (Å²) in [7, 11) is 1.57. The Bertz CT molecular complexity index is 1090. The minimum absolute atomic E-state index is 0.170. The maximum atomic E-state index is 12.6. The topological polar surface area (TPSA) is 97.4 Å². The molecule has 0 aliphatic heterocycles. The number of amides is 1. The van der Waals surface area contributed by atoms with Gasteiger partial charge in [0.15, 0.2) is 5.78 Å². The van der Waals surface area contributed by atoms with Crippen molar-refractivity contribution in [3.05, 3.63) is 94.3 Å². The van der Waals surface area contributed by atoms with Crippen molar-refractivity contribution in [1.29, 1.82) is 0 Å². The van der Waals surface area contributed by atoms with E-state index in [1.54, 1.807) is 78.5 Å². The lowest BCUT2D eigenvalue weighted by atomic mass is 10.1. The first kappa shape index (κ1) is 21.5. The smallest absolute Gasteiger partial charge is 0.251 e. The lowest BCUT2D eigenvalue weighted by Gasteiger charge is -2.15. The summed E-state index contributed by atoms with van der Waals surface area (Å²) >= 11 is 6.07. The zero-order chi connectivity index (χ0) is 21.7. The third kappa shape index (κ3) is 4.68. The van der Waals surface area contributed by atoms with Crippen molar-refractivity contribution in [2.45, 2.75) is 12.6 Å². The summed E-state index contributed by atoms with van der Waals surface area (Å²) in [6.45, 7) is -0.185. The summed E-state index contributed by atoms with van der Waals surface area (Å²) < 4.78 is 1.80. The van der Waals surface area contributed by atoms with Gasteiger partial charge in [-0.15, -0.1) is 0 Å². The van der Waals surface area contributed by atoms with Crippen LogP contribution < -0.4 is 11.1 Å². The van der Waals surface area contributed by atoms with Gasteiger partial charge in [0.1, 0.15) is 6.04 Å². The number of hydrogen-bond donors (Lipinski definition) is 3. The number of aliphatic hydroxyl groups is 1. The minimum atomic E-state index is -0.866. The number of carbonyl (C=O) groups excluding carboxylic acids is 2. The van der Waals surface area contributed by atoms with Crippen LogP contribution in [0.15, 0.2) is 66.9 Å². The van der Waals surface area contributed by atoms with Gasteiger partial charge in [0.25, 0.3) is 5.91 Å². The maximum Gasteiger partial charge on any atom is 0.251 e. The van der Waals surface area contributed by atoms with Gasteiger partial charge < -0.3 is 20.7 Å². The van der Waals surface area contributed by atoms with Crippen molar-refractivity contribution < 1.29 is 14.7 Å². The van der Waals surface area contributed by atoms with Gasteiger partial charge in [-0.25, -0.2) is 0 Å². The third-order valence-electron chi connectivity index (χ3n) is 4.72. The predicted octanol–water partition coefficient (Wildman–Crippen LogP) is 3.26. The summed E-state index contributed by atoms with van der Waals surface area (Å²) in [6.07, 6.45) is 4.89. The summed E-state index contributed by atoms with van der Waals surface area (Å²) in [6, 6.07) is 14.9. The number of rotatable bonds is 7. The molecule has 0 bridgehead atoms. The summed E-state index contributed by atoms with van der Waals surface area (Å²) in [5.74, 6) is -0.433. The molecule has 0 fully saturated rings. The maximum absolute atomic E-state index is 12.6. The Kier molecular flexibility index (Phi) is 6.84. The van der Waals surface area contributed by atoms with Crippen molar-refractivity contribution in [3.63, 3.8) is 0 Å². The second kappa shape index (κ2) is 9.54. The Morgan fingerprint density at radius 2 is 1.93 bits per heavy atom. The lowest BCUT2D eigenvalue weighted by Crippen LogP contribution is -2.22. The monoisotopic (exact) mass is 423 g/mol. The van der Waals surface area contributed by atoms with Crippen LogP contribution in [0, 0.1) is 0 Å². The van der Waals surface area contributed by atoms with Crippen molar-refractivity contribution in [2.24, 2.45) is 5.73 Å². The molecule has 1 atom stereocenters. The second-order valence-corrected chi connectivity index (χ2v) is 7.06. The fourth-order valence-electron chi connectivity index (χ4n) is 3.03. The van der Waals surface area contributed by atoms with E-state index in [4.69, 9.17) is 17.3 Å². The van der Waals surface area contributed by atoms with Crippen molar-refractivity contribution in [1.82, 2.24) is 9.88 Å². The number of benzene rings is 2. The van der Waals surface area contributed by atoms with Crippen LogP contribution in [0.25, 0.3) is 11.8 Å². The molecule has 2 aromatic carbocycles. The van der Waals surface area contributed by atoms with E-state index in [9.17, 15) is 14.7 Å². The number of nitrogens with one attached hydrogen (secondary N) is 1. The fourth-order valence-corrected chi connectivity index (χ4v) is 3.21. The van der Waals surface area contributed by atoms with Crippen LogP contribution in [0.1, 0.15) is 33.2 Å². The number of aliphatic hydroxyl groups excluding tert-OH is 1. The van der Waals surface area contributed by atoms with Crippen molar-refractivity contribution in [3.8, 4) is 5.69 Å². The fraction of sp³-hybridized carbons (Fsp3) is 0.130. The van der Waals surface area contributed by atoms with Gasteiger partial charge in [-0.2, -0.15) is 0 Å². The Hall–Kier alpha value is -3.19. The van der Waals surface area contributed by atoms with Crippen LogP contribution >= 0.6 is 11.6 Å². The largest absolute Gasteiger partial charge is 0.392 e. The number of nitrogens with two attached hydrogens (primary N) is 1. The van der Waals surface area contributed by atoms with Gasteiger partial charge >= 0.3 is 0 Å². The Morgan fingerprint density at radius 3 is 2.60 bits per heavy atom. The highest BCUT2D eigenvalue weighted by atomic mass is 35.5. The van der Waals surface area contributed by atoms with E-state index in [2.05, 4.69) is 5.32 Å². The molecule has 0 saturated carbocycles. The van der Waals surface area contributed by atoms with Crippen molar-refractivity contribution in [2.75, 3.05) is 7.05 Å². The molecule has 0 saturated heterocycles. The molecule has 3 aromatic rings. The Labute approximate surface area is 179 Å². The molecule has 3 rings (SSSR count). The molecule has 1 heterocycles. The summed E-state index contributed by atoms with van der Waals surface area (Å²) in [4.78, 5) is 24.2. The lowest BCUT2D eigenvalue weighted by molar-refractivity contribution is -0.115. The van der Waals surface area contributed by atoms with E-state index in [1.807, 2.05) is 0 Å². The van der Waals surface area contributed by atoms with Crippen LogP contribution in [-0.4, -0.2) is 28.4 Å². The van der Waals surface area contributed by atoms with E-state index in [0.717, 1.165) is 11.3 Å². The van der Waals surface area contributed by atoms with Crippen LogP contribution in [0.4, 0.5) is 0 Å². The quantitative estimate of drug-likeness (QED) is 0.508. The number of hydrogen-bond acceptors (Lipinski definition) is 4. The molecule has 0 radical (unpaired) electrons. The third-order valence-corrected chi connectivity index (χ3v) is 5.09. The van der Waals surface area contributed by atoms with Gasteiger partial charge in [0.05, 0.1) is 6.61 Å². The van der Waals surface area contributed by atoms with Crippen LogP contribution in [0.2, 0.25) is 5.02 Å². The van der Waals surface area contributed by atoms with E-state index >= 15 is 0 Å². The molecular formula is C23H22ClN3O3. The summed E-state index contributed by atoms with van der Waals surface area (Å²) in [5, 5.41) is 12.5. The first-order valence-corrected chi connectivity index (χ1v) is 9.69. The zero-order valence-electron chi connectivity index (χ0n) is 16.4. The van der Waals surface area contributed by atoms with Crippen LogP contribution in [-0.2, 0) is 11.4 Å². The normalized spacial score (nSPS) is 12.1. The van der Waals surface area contributed by atoms with Crippen LogP contribution in [0.5, 0.6) is 0 Å². The highest BCUT2D eigenvalue weighted by Gasteiger charge is 2.18. The van der Waals surface area contributed by atoms with Gasteiger partial charge in [-0.3, -0.25) is 9.59 Å². The molecule has 6 nitrogen and oxygen atoms in total. The highest BCUT2D eigenvalue weighted by Crippen LogP contribution is 2.24. The predicted molar refractivity (Wildman–Crippen MR) is 118 cm³/mol. The number of aromatic nitrogens is 1. The van der Waals surface area contributed by atoms with Crippen LogP contribution in [0.3, 0.4) is 0 Å². The van der Waals surface area contributed by atoms with Gasteiger partial charge in [0, 0.05) is 35.2 Å². The standard InChI is InChI=1S/C23H22ClN3O3/c1-26-23(30)16-7-4-15(5-8-16)6-11-21(29)22(25)20-3-2-12-27(20)18-9-10-19(24)17(13-18)14-28/h2-13,22,28H,14,25H2,1H3,(H,26,30)/b11-6+. The molecule has 0 spiro atoms. The molecule has 1 aromatic heterocycles. The highest BCUT2D eigenvalue weighted by molar-refractivity contribution is 6.31. The molecule has 1 amide bonds. The molecule has 0 aliphatic carbocycles. The van der Waals surface area contributed by atoms with Gasteiger partial charge in [-0.1, -0.05) is 29.8 Å². The number of ketones is 1. The average molecular weight is 424 g/mol. The van der Waals surface area contributed by atoms with E-state index in [0.29, 0.717) is 21.8 Å². The van der Waals surface area contributed by atoms with E-state index < -0.39 is 6.04 Å². The number of nitrogens with zero attached hydrogens (tertiary/aromatic N) is 1. The molecule has 154 valence electrons. The SMILES string of the molecule is CNC(=O)c1ccc(/C=C/C(=O)C(N)c2cccn2-c2ccc(Cl)c(CO)c2)cc1. The second-order valence-electron chi connectivity index (χ2n) is 6.65. The molecule has 0 aliphatic rings. The van der Waals surface area contributed by atoms with Gasteiger partial charge in [0.2, 0.25) is 0 Å². The van der Waals surface area contributed by atoms with E-state index in [-0.39, 0.29) is 18.3 Å². The minimum Gasteiger partial charge on any atom is -0.392 e.